The van der Waals surface area contributed by atoms with Crippen LogP contribution in [-0.2, 0) is 11.2 Å². The minimum absolute atomic E-state index is 0.0205. The molecule has 1 amide bonds. The van der Waals surface area contributed by atoms with Crippen molar-refractivity contribution >= 4 is 17.2 Å². The van der Waals surface area contributed by atoms with Gasteiger partial charge in [-0.25, -0.2) is 0 Å². The van der Waals surface area contributed by atoms with Crippen molar-refractivity contribution < 1.29 is 4.79 Å². The predicted octanol–water partition coefficient (Wildman–Crippen LogP) is 1.43. The number of nitrogens with one attached hydrogen (secondary N) is 1. The van der Waals surface area contributed by atoms with E-state index >= 15 is 0 Å². The van der Waals surface area contributed by atoms with Crippen LogP contribution in [0.15, 0.2) is 17.5 Å². The molecular formula is C10H11NOS. The van der Waals surface area contributed by atoms with E-state index in [1.54, 1.807) is 18.3 Å². The molecule has 13 heavy (non-hydrogen) atoms. The molecule has 1 heterocycles. The number of carbonyl (C=O) groups excluding carboxylic acids is 1. The maximum absolute atomic E-state index is 11.3. The Morgan fingerprint density at radius 1 is 1.85 bits per heavy atom. The molecule has 1 aromatic heterocycles. The van der Waals surface area contributed by atoms with Gasteiger partial charge in [0.2, 0.25) is 5.91 Å². The molecule has 0 radical (unpaired) electrons. The Bertz CT molecular complexity index is 310. The molecule has 1 unspecified atom stereocenters. The highest BCUT2D eigenvalue weighted by Crippen LogP contribution is 2.08. The second kappa shape index (κ2) is 4.68. The number of rotatable bonds is 3. The largest absolute Gasteiger partial charge is 0.342 e. The number of amides is 1. The normalized spacial score (nSPS) is 11.7. The first-order valence-corrected chi connectivity index (χ1v) is 4.88. The molecule has 1 rings (SSSR count). The first-order chi connectivity index (χ1) is 6.22. The van der Waals surface area contributed by atoms with E-state index in [0.717, 1.165) is 4.88 Å². The lowest BCUT2D eigenvalue weighted by Crippen LogP contribution is -2.32. The Morgan fingerprint density at radius 3 is 3.15 bits per heavy atom. The molecule has 0 fully saturated rings. The van der Waals surface area contributed by atoms with Crippen molar-refractivity contribution in [3.63, 3.8) is 0 Å². The van der Waals surface area contributed by atoms with Crippen molar-refractivity contribution in [1.29, 1.82) is 0 Å². The van der Waals surface area contributed by atoms with Crippen LogP contribution < -0.4 is 5.32 Å². The summed E-state index contributed by atoms with van der Waals surface area (Å²) in [6.07, 6.45) is 5.55. The van der Waals surface area contributed by atoms with E-state index in [1.807, 2.05) is 17.5 Å². The average Bonchev–Trinajstić information content (AvgIpc) is 2.56. The summed E-state index contributed by atoms with van der Waals surface area (Å²) < 4.78 is 0. The van der Waals surface area contributed by atoms with Gasteiger partial charge < -0.3 is 5.32 Å². The van der Waals surface area contributed by atoms with E-state index in [1.165, 1.54) is 0 Å². The summed E-state index contributed by atoms with van der Waals surface area (Å²) in [5.74, 6) is 2.43. The second-order valence-electron chi connectivity index (χ2n) is 2.71. The minimum Gasteiger partial charge on any atom is -0.342 e. The quantitative estimate of drug-likeness (QED) is 0.723. The molecule has 1 aromatic rings. The van der Waals surface area contributed by atoms with Crippen LogP contribution in [-0.4, -0.2) is 11.9 Å². The van der Waals surface area contributed by atoms with Crippen molar-refractivity contribution in [1.82, 2.24) is 5.32 Å². The Kier molecular flexibility index (Phi) is 3.53. The van der Waals surface area contributed by atoms with Gasteiger partial charge in [-0.3, -0.25) is 4.79 Å². The second-order valence-corrected chi connectivity index (χ2v) is 3.74. The van der Waals surface area contributed by atoms with Gasteiger partial charge in [0.1, 0.15) is 0 Å². The molecule has 0 aliphatic heterocycles. The van der Waals surface area contributed by atoms with Gasteiger partial charge in [-0.15, -0.1) is 17.8 Å². The third-order valence-corrected chi connectivity index (χ3v) is 2.42. The lowest BCUT2D eigenvalue weighted by atomic mass is 10.3. The summed E-state index contributed by atoms with van der Waals surface area (Å²) >= 11 is 1.57. The maximum atomic E-state index is 11.3. The summed E-state index contributed by atoms with van der Waals surface area (Å²) in [7, 11) is 0. The summed E-state index contributed by atoms with van der Waals surface area (Å²) in [5, 5.41) is 4.65. The van der Waals surface area contributed by atoms with Crippen molar-refractivity contribution in [2.45, 2.75) is 19.4 Å². The van der Waals surface area contributed by atoms with E-state index in [0.29, 0.717) is 6.42 Å². The lowest BCUT2D eigenvalue weighted by molar-refractivity contribution is -0.120. The van der Waals surface area contributed by atoms with Crippen molar-refractivity contribution in [2.75, 3.05) is 0 Å². The zero-order valence-electron chi connectivity index (χ0n) is 7.41. The van der Waals surface area contributed by atoms with Gasteiger partial charge in [-0.2, -0.15) is 0 Å². The van der Waals surface area contributed by atoms with E-state index < -0.39 is 0 Å². The molecule has 68 valence electrons. The zero-order chi connectivity index (χ0) is 9.68. The van der Waals surface area contributed by atoms with Gasteiger partial charge in [-0.05, 0) is 18.4 Å². The van der Waals surface area contributed by atoms with E-state index in [2.05, 4.69) is 11.2 Å². The van der Waals surface area contributed by atoms with Crippen LogP contribution in [0.3, 0.4) is 0 Å². The summed E-state index contributed by atoms with van der Waals surface area (Å²) in [5.41, 5.74) is 0. The number of hydrogen-bond donors (Lipinski definition) is 1. The monoisotopic (exact) mass is 193 g/mol. The van der Waals surface area contributed by atoms with Crippen LogP contribution in [0, 0.1) is 12.3 Å². The highest BCUT2D eigenvalue weighted by molar-refractivity contribution is 7.10. The predicted molar refractivity (Wildman–Crippen MR) is 54.5 cm³/mol. The van der Waals surface area contributed by atoms with Gasteiger partial charge in [0.25, 0.3) is 0 Å². The van der Waals surface area contributed by atoms with E-state index in [9.17, 15) is 4.79 Å². The van der Waals surface area contributed by atoms with Crippen molar-refractivity contribution in [3.05, 3.63) is 22.4 Å². The molecule has 0 saturated heterocycles. The number of carbonyl (C=O) groups is 1. The topological polar surface area (TPSA) is 29.1 Å². The number of terminal acetylenes is 1. The highest BCUT2D eigenvalue weighted by atomic mass is 32.1. The van der Waals surface area contributed by atoms with Crippen LogP contribution in [0.4, 0.5) is 0 Å². The average molecular weight is 193 g/mol. The highest BCUT2D eigenvalue weighted by Gasteiger charge is 2.05. The standard InChI is InChI=1S/C10H11NOS/c1-3-8(2)11-10(12)7-9-5-4-6-13-9/h1,4-6,8H,7H2,2H3,(H,11,12). The van der Waals surface area contributed by atoms with E-state index in [4.69, 9.17) is 6.42 Å². The van der Waals surface area contributed by atoms with E-state index in [-0.39, 0.29) is 11.9 Å². The van der Waals surface area contributed by atoms with Gasteiger partial charge in [0.15, 0.2) is 0 Å². The van der Waals surface area contributed by atoms with Crippen LogP contribution in [0.2, 0.25) is 0 Å². The summed E-state index contributed by atoms with van der Waals surface area (Å²) in [6, 6.07) is 3.68. The van der Waals surface area contributed by atoms with Crippen LogP contribution in [0.25, 0.3) is 0 Å². The van der Waals surface area contributed by atoms with Crippen LogP contribution in [0.1, 0.15) is 11.8 Å². The molecule has 1 N–H and O–H groups in total. The molecule has 0 spiro atoms. The zero-order valence-corrected chi connectivity index (χ0v) is 8.23. The van der Waals surface area contributed by atoms with Gasteiger partial charge in [-0.1, -0.05) is 12.0 Å². The molecule has 0 saturated carbocycles. The fourth-order valence-corrected chi connectivity index (χ4v) is 1.61. The smallest absolute Gasteiger partial charge is 0.226 e. The first-order valence-electron chi connectivity index (χ1n) is 4.00. The summed E-state index contributed by atoms with van der Waals surface area (Å²) in [6.45, 7) is 1.78. The molecule has 2 nitrogen and oxygen atoms in total. The molecule has 0 aromatic carbocycles. The van der Waals surface area contributed by atoms with Gasteiger partial charge >= 0.3 is 0 Å². The molecule has 1 atom stereocenters. The first kappa shape index (κ1) is 9.82. The molecule has 0 aliphatic rings. The Morgan fingerprint density at radius 2 is 2.62 bits per heavy atom. The fourth-order valence-electron chi connectivity index (χ4n) is 0.906. The lowest BCUT2D eigenvalue weighted by Gasteiger charge is -2.05. The summed E-state index contributed by atoms with van der Waals surface area (Å²) in [4.78, 5) is 12.3. The van der Waals surface area contributed by atoms with Crippen molar-refractivity contribution in [2.24, 2.45) is 0 Å². The Hall–Kier alpha value is -1.27. The van der Waals surface area contributed by atoms with Crippen LogP contribution >= 0.6 is 11.3 Å². The number of hydrogen-bond acceptors (Lipinski definition) is 2. The van der Waals surface area contributed by atoms with Crippen LogP contribution in [0.5, 0.6) is 0 Å². The molecule has 0 aliphatic carbocycles. The van der Waals surface area contributed by atoms with Crippen molar-refractivity contribution in [3.8, 4) is 12.3 Å². The van der Waals surface area contributed by atoms with Gasteiger partial charge in [0, 0.05) is 4.88 Å². The minimum atomic E-state index is -0.188. The Labute approximate surface area is 82.0 Å². The maximum Gasteiger partial charge on any atom is 0.226 e. The molecule has 0 bridgehead atoms. The van der Waals surface area contributed by atoms with Gasteiger partial charge in [0.05, 0.1) is 12.5 Å². The fraction of sp³-hybridized carbons (Fsp3) is 0.300. The SMILES string of the molecule is C#CC(C)NC(=O)Cc1cccs1. The Balaban J connectivity index is 2.39. The molecule has 3 heteroatoms. The molecular weight excluding hydrogens is 182 g/mol. The third kappa shape index (κ3) is 3.30. The third-order valence-electron chi connectivity index (χ3n) is 1.54. The number of thiophene rings is 1.